The quantitative estimate of drug-likeness (QED) is 0.0341. The molecule has 0 aliphatic rings. The van der Waals surface area contributed by atoms with Gasteiger partial charge in [0.2, 0.25) is 5.13 Å². The number of hydrogen-bond acceptors (Lipinski definition) is 22. The van der Waals surface area contributed by atoms with Gasteiger partial charge in [0, 0.05) is 33.1 Å². The predicted octanol–water partition coefficient (Wildman–Crippen LogP) is -2.24. The van der Waals surface area contributed by atoms with Crippen molar-refractivity contribution in [2.75, 3.05) is 10.6 Å². The first-order valence-electron chi connectivity index (χ1n) is 19.2. The molecular weight excluding hydrogens is 1000 g/mol. The third-order valence-electron chi connectivity index (χ3n) is 9.89. The average Bonchev–Trinajstić information content (AvgIpc) is 3.70. The van der Waals surface area contributed by atoms with Crippen LogP contribution in [0, 0.1) is 29.1 Å². The van der Waals surface area contributed by atoms with E-state index in [0.29, 0.717) is 11.1 Å². The Balaban J connectivity index is 0.00000281. The number of rotatable bonds is 14. The van der Waals surface area contributed by atoms with Crippen molar-refractivity contribution in [2.45, 2.75) is 27.4 Å². The van der Waals surface area contributed by atoms with Gasteiger partial charge in [0.1, 0.15) is 47.8 Å². The Bertz CT molecular complexity index is 3890. The van der Waals surface area contributed by atoms with E-state index < -0.39 is 55.6 Å². The average molecular weight is 1030 g/mol. The summed E-state index contributed by atoms with van der Waals surface area (Å²) in [7, 11) is -16.6. The van der Waals surface area contributed by atoms with Crippen molar-refractivity contribution in [3.05, 3.63) is 138 Å². The minimum atomic E-state index is -5.08. The molecule has 2 heterocycles. The number of fused-ring (bicyclic) bond motifs is 2. The molecule has 8 aromatic rings. The first kappa shape index (κ1) is 59.5. The summed E-state index contributed by atoms with van der Waals surface area (Å²) in [6.45, 7) is 1.54. The molecular formula is C43H27Li4N10O10S5-. The molecule has 2 aromatic heterocycles. The van der Waals surface area contributed by atoms with Crippen LogP contribution in [0.4, 0.5) is 44.5 Å². The maximum Gasteiger partial charge on any atom is 1.00 e. The van der Waals surface area contributed by atoms with E-state index in [2.05, 4.69) is 48.2 Å². The molecule has 20 nitrogen and oxygen atoms in total. The molecule has 0 spiro atoms. The van der Waals surface area contributed by atoms with Crippen molar-refractivity contribution < 1.29 is 119 Å². The van der Waals surface area contributed by atoms with Gasteiger partial charge in [0.15, 0.2) is 16.6 Å². The van der Waals surface area contributed by atoms with Crippen molar-refractivity contribution in [3.63, 3.8) is 0 Å². The van der Waals surface area contributed by atoms with Crippen LogP contribution in [0.15, 0.2) is 150 Å². The van der Waals surface area contributed by atoms with Crippen molar-refractivity contribution in [3.8, 4) is 17.3 Å². The van der Waals surface area contributed by atoms with E-state index in [0.717, 1.165) is 52.4 Å². The van der Waals surface area contributed by atoms with Crippen LogP contribution in [-0.4, -0.2) is 48.9 Å². The minimum absolute atomic E-state index is 0. The number of hydrogen-bond donors (Lipinski definition) is 3. The molecule has 0 bridgehead atoms. The molecule has 0 aliphatic carbocycles. The zero-order chi connectivity index (χ0) is 48.5. The van der Waals surface area contributed by atoms with Gasteiger partial charge < -0.3 is 33.3 Å². The molecule has 29 heteroatoms. The number of azo groups is 2. The molecule has 0 fully saturated rings. The summed E-state index contributed by atoms with van der Waals surface area (Å²) >= 11 is 0.920. The zero-order valence-corrected chi connectivity index (χ0v) is 42.5. The standard InChI is InChI=1S/C43H30N10O10S5.4Li/c1-24-36(22-44)40(46-30-10-14-33(15-11-30)66(55,56)57)49-41(47-31-12-16-34(17-13-31)67(58,59)60)38(24)51-53-43-48-39(29-9-8-26-4-2-3-5-27(26)19-29)42(64-43)52-50-32-20-28-7-6-25(23-65(45)54)18-35(28)37(21-32)68(61,62)63;;;;/h2-6,8-21,45H,23H2,1H3,(H2,46,47,49)(H,55,56,57)(H,58,59,60)(H,61,62,63);;;;/q-2;4*+1/p-3. The molecule has 0 radical (unpaired) electrons. The number of anilines is 4. The minimum Gasteiger partial charge on any atom is -0.745 e. The second kappa shape index (κ2) is 24.3. The van der Waals surface area contributed by atoms with Crippen molar-refractivity contribution in [1.29, 1.82) is 10.0 Å². The Hall–Kier alpha value is -5.02. The van der Waals surface area contributed by atoms with E-state index in [9.17, 15) is 48.4 Å². The van der Waals surface area contributed by atoms with Crippen LogP contribution in [0.5, 0.6) is 0 Å². The Kier molecular flexibility index (Phi) is 20.1. The van der Waals surface area contributed by atoms with Crippen molar-refractivity contribution in [1.82, 2.24) is 9.97 Å². The molecule has 8 rings (SSSR count). The first-order chi connectivity index (χ1) is 32.2. The molecule has 0 unspecified atom stereocenters. The van der Waals surface area contributed by atoms with E-state index in [1.807, 2.05) is 36.4 Å². The smallest absolute Gasteiger partial charge is 0.745 e. The fourth-order valence-corrected chi connectivity index (χ4v) is 9.57. The van der Waals surface area contributed by atoms with Crippen LogP contribution >= 0.6 is 11.3 Å². The van der Waals surface area contributed by atoms with Gasteiger partial charge in [0.05, 0.1) is 15.4 Å². The van der Waals surface area contributed by atoms with Gasteiger partial charge >= 0.3 is 75.4 Å². The normalized spacial score (nSPS) is 11.7. The Morgan fingerprint density at radius 2 is 1.32 bits per heavy atom. The third kappa shape index (κ3) is 14.0. The number of pyridine rings is 1. The van der Waals surface area contributed by atoms with E-state index in [1.165, 1.54) is 42.5 Å². The van der Waals surface area contributed by atoms with Gasteiger partial charge in [-0.25, -0.2) is 35.2 Å². The Labute approximate surface area is 466 Å². The van der Waals surface area contributed by atoms with Gasteiger partial charge in [-0.2, -0.15) is 21.0 Å². The SMILES string of the molecule is Cc1c(C#N)c(Nc2ccc(S(=O)(=O)[O-])cc2)nc(Nc2ccc(S(=O)(=O)[O-])cc2)c1N=Nc1nc(-c2ccc3ccccc3c2)c(N=Nc2cc(S(=O)(=O)[O-])c3cc(C[S-](=N)=O)c[c-]c3c2)s1.[Li+].[Li+].[Li+].[Li+]. The topological polar surface area (TPSA) is 336 Å². The molecule has 344 valence electrons. The van der Waals surface area contributed by atoms with Crippen molar-refractivity contribution in [2.24, 2.45) is 20.5 Å². The summed E-state index contributed by atoms with van der Waals surface area (Å²) in [5, 5.41) is 36.0. The predicted molar refractivity (Wildman–Crippen MR) is 248 cm³/mol. The summed E-state index contributed by atoms with van der Waals surface area (Å²) in [6, 6.07) is 32.8. The first-order valence-corrected chi connectivity index (χ1v) is 25.6. The van der Waals surface area contributed by atoms with Gasteiger partial charge in [-0.15, -0.1) is 56.3 Å². The number of thiazole rings is 1. The molecule has 0 amide bonds. The van der Waals surface area contributed by atoms with E-state index in [1.54, 1.807) is 13.0 Å². The number of aromatic nitrogens is 2. The van der Waals surface area contributed by atoms with Crippen LogP contribution < -0.4 is 86.1 Å². The van der Waals surface area contributed by atoms with Crippen LogP contribution in [-0.2, 0) is 50.9 Å². The summed E-state index contributed by atoms with van der Waals surface area (Å²) in [5.74, 6) is -0.289. The van der Waals surface area contributed by atoms with Crippen LogP contribution in [0.25, 0.3) is 32.8 Å². The fraction of sp³-hybridized carbons (Fsp3) is 0.0465. The zero-order valence-electron chi connectivity index (χ0n) is 38.4. The largest absolute Gasteiger partial charge is 1.00 e. The maximum atomic E-state index is 12.5. The molecule has 0 atom stereocenters. The Morgan fingerprint density at radius 1 is 0.722 bits per heavy atom. The summed E-state index contributed by atoms with van der Waals surface area (Å²) in [4.78, 5) is 7.68. The molecule has 0 saturated carbocycles. The second-order valence-corrected chi connectivity index (χ2v) is 20.5. The van der Waals surface area contributed by atoms with Crippen LogP contribution in [0.3, 0.4) is 0 Å². The Morgan fingerprint density at radius 3 is 1.89 bits per heavy atom. The van der Waals surface area contributed by atoms with Gasteiger partial charge in [0.25, 0.3) is 0 Å². The summed E-state index contributed by atoms with van der Waals surface area (Å²) < 4.78 is 126. The van der Waals surface area contributed by atoms with E-state index >= 15 is 0 Å². The van der Waals surface area contributed by atoms with E-state index in [4.69, 9.17) is 9.76 Å². The van der Waals surface area contributed by atoms with Gasteiger partial charge in [-0.3, -0.25) is 0 Å². The molecule has 0 aliphatic heterocycles. The summed E-state index contributed by atoms with van der Waals surface area (Å²) in [6.07, 6.45) is 0. The number of nitrogens with zero attached hydrogens (tertiary/aromatic N) is 7. The van der Waals surface area contributed by atoms with E-state index in [-0.39, 0.29) is 153 Å². The maximum absolute atomic E-state index is 12.5. The number of nitrogens with one attached hydrogen (secondary N) is 3. The van der Waals surface area contributed by atoms with Gasteiger partial charge in [-0.1, -0.05) is 53.1 Å². The van der Waals surface area contributed by atoms with Crippen LogP contribution in [0.2, 0.25) is 0 Å². The number of nitriles is 1. The number of benzene rings is 6. The fourth-order valence-electron chi connectivity index (χ4n) is 6.72. The summed E-state index contributed by atoms with van der Waals surface area (Å²) in [5.41, 5.74) is 1.83. The molecule has 3 N–H and O–H groups in total. The van der Waals surface area contributed by atoms with Crippen LogP contribution in [0.1, 0.15) is 16.7 Å². The van der Waals surface area contributed by atoms with Crippen molar-refractivity contribution >= 4 is 118 Å². The molecule has 72 heavy (non-hydrogen) atoms. The molecule has 6 aromatic carbocycles. The second-order valence-electron chi connectivity index (χ2n) is 14.4. The third-order valence-corrected chi connectivity index (χ3v) is 13.9. The van der Waals surface area contributed by atoms with Gasteiger partial charge in [-0.05, 0) is 78.4 Å². The monoisotopic (exact) mass is 1030 g/mol. The molecule has 0 saturated heterocycles.